The van der Waals surface area contributed by atoms with E-state index >= 15 is 0 Å². The Morgan fingerprint density at radius 3 is 2.89 bits per heavy atom. The summed E-state index contributed by atoms with van der Waals surface area (Å²) in [5, 5.41) is 16.5. The van der Waals surface area contributed by atoms with Gasteiger partial charge in [-0.3, -0.25) is 14.1 Å². The quantitative estimate of drug-likeness (QED) is 0.756. The number of sulfonamides is 1. The Morgan fingerprint density at radius 2 is 2.28 bits per heavy atom. The average Bonchev–Trinajstić information content (AvgIpc) is 2.88. The third-order valence-corrected chi connectivity index (χ3v) is 3.51. The first kappa shape index (κ1) is 12.6. The summed E-state index contributed by atoms with van der Waals surface area (Å²) >= 11 is 0. The Kier molecular flexibility index (Phi) is 3.34. The van der Waals surface area contributed by atoms with Gasteiger partial charge in [0.2, 0.25) is 0 Å². The van der Waals surface area contributed by atoms with E-state index in [1.807, 2.05) is 0 Å². The van der Waals surface area contributed by atoms with E-state index in [0.717, 1.165) is 0 Å². The van der Waals surface area contributed by atoms with Crippen molar-refractivity contribution in [3.63, 3.8) is 0 Å². The van der Waals surface area contributed by atoms with E-state index in [2.05, 4.69) is 14.9 Å². The van der Waals surface area contributed by atoms with E-state index in [1.165, 1.54) is 21.8 Å². The summed E-state index contributed by atoms with van der Waals surface area (Å²) in [4.78, 5) is 0.0293. The normalized spacial score (nSPS) is 11.7. The summed E-state index contributed by atoms with van der Waals surface area (Å²) in [6.45, 7) is 0.147. The molecule has 0 saturated carbocycles. The number of hydrogen-bond donors (Lipinski definition) is 2. The maximum atomic E-state index is 12.0. The Balaban J connectivity index is 2.19. The van der Waals surface area contributed by atoms with Crippen LogP contribution in [0.15, 0.2) is 29.6 Å². The van der Waals surface area contributed by atoms with Crippen LogP contribution >= 0.6 is 0 Å². The first-order chi connectivity index (χ1) is 8.51. The fourth-order valence-electron chi connectivity index (χ4n) is 1.37. The fraction of sp³-hybridized carbons (Fsp3) is 0.333. The van der Waals surface area contributed by atoms with E-state index in [4.69, 9.17) is 5.11 Å². The molecule has 0 spiro atoms. The Bertz CT molecular complexity index is 630. The molecule has 2 rings (SSSR count). The van der Waals surface area contributed by atoms with Gasteiger partial charge in [0.1, 0.15) is 4.90 Å². The Labute approximate surface area is 104 Å². The molecule has 2 N–H and O–H groups in total. The second kappa shape index (κ2) is 4.78. The highest BCUT2D eigenvalue weighted by Crippen LogP contribution is 2.13. The molecular formula is C9H13N5O3S. The summed E-state index contributed by atoms with van der Waals surface area (Å²) in [7, 11) is -2.00. The summed E-state index contributed by atoms with van der Waals surface area (Å²) in [6, 6.07) is 1.55. The number of anilines is 1. The zero-order valence-electron chi connectivity index (χ0n) is 9.68. The molecule has 0 fully saturated rings. The van der Waals surface area contributed by atoms with E-state index in [0.29, 0.717) is 0 Å². The van der Waals surface area contributed by atoms with Crippen molar-refractivity contribution in [1.29, 1.82) is 0 Å². The Morgan fingerprint density at radius 1 is 1.50 bits per heavy atom. The largest absolute Gasteiger partial charge is 0.394 e. The average molecular weight is 271 g/mol. The molecule has 0 aliphatic carbocycles. The number of aliphatic hydroxyl groups excluding tert-OH is 1. The first-order valence-electron chi connectivity index (χ1n) is 5.17. The highest BCUT2D eigenvalue weighted by molar-refractivity contribution is 7.92. The number of hydrogen-bond acceptors (Lipinski definition) is 5. The molecule has 0 aliphatic rings. The minimum absolute atomic E-state index is 0.0293. The van der Waals surface area contributed by atoms with Crippen LogP contribution < -0.4 is 4.72 Å². The third kappa shape index (κ3) is 2.68. The summed E-state index contributed by atoms with van der Waals surface area (Å²) in [5.41, 5.74) is 0. The standard InChI is InChI=1S/C9H13N5O3S/c1-13-3-2-9(11-13)12-18(16,17)8-6-10-14(7-8)4-5-15/h2-3,6-7,15H,4-5H2,1H3,(H,11,12). The van der Waals surface area contributed by atoms with Crippen molar-refractivity contribution in [3.8, 4) is 0 Å². The molecule has 18 heavy (non-hydrogen) atoms. The van der Waals surface area contributed by atoms with Gasteiger partial charge in [-0.2, -0.15) is 10.2 Å². The Hall–Kier alpha value is -1.87. The second-order valence-corrected chi connectivity index (χ2v) is 5.33. The van der Waals surface area contributed by atoms with Gasteiger partial charge in [-0.1, -0.05) is 0 Å². The van der Waals surface area contributed by atoms with Gasteiger partial charge >= 0.3 is 0 Å². The number of aryl methyl sites for hydroxylation is 1. The van der Waals surface area contributed by atoms with Gasteiger partial charge in [0, 0.05) is 25.5 Å². The maximum absolute atomic E-state index is 12.0. The molecule has 0 saturated heterocycles. The van der Waals surface area contributed by atoms with Crippen LogP contribution in [-0.2, 0) is 23.6 Å². The first-order valence-corrected chi connectivity index (χ1v) is 6.65. The lowest BCUT2D eigenvalue weighted by Gasteiger charge is -2.02. The molecule has 0 unspecified atom stereocenters. The second-order valence-electron chi connectivity index (χ2n) is 3.64. The van der Waals surface area contributed by atoms with E-state index in [9.17, 15) is 8.42 Å². The molecule has 0 bridgehead atoms. The van der Waals surface area contributed by atoms with Crippen LogP contribution in [0, 0.1) is 0 Å². The molecular weight excluding hydrogens is 258 g/mol. The van der Waals surface area contributed by atoms with Crippen molar-refractivity contribution >= 4 is 15.8 Å². The molecule has 0 aromatic carbocycles. The highest BCUT2D eigenvalue weighted by atomic mass is 32.2. The van der Waals surface area contributed by atoms with Crippen molar-refractivity contribution < 1.29 is 13.5 Å². The van der Waals surface area contributed by atoms with Crippen LogP contribution in [0.25, 0.3) is 0 Å². The molecule has 0 aliphatic heterocycles. The monoisotopic (exact) mass is 271 g/mol. The van der Waals surface area contributed by atoms with Crippen molar-refractivity contribution in [1.82, 2.24) is 19.6 Å². The van der Waals surface area contributed by atoms with Gasteiger partial charge in [-0.15, -0.1) is 0 Å². The van der Waals surface area contributed by atoms with Crippen LogP contribution in [-0.4, -0.2) is 39.7 Å². The summed E-state index contributed by atoms with van der Waals surface area (Å²) in [6.07, 6.45) is 4.20. The molecule has 0 atom stereocenters. The lowest BCUT2D eigenvalue weighted by atomic mass is 10.7. The lowest BCUT2D eigenvalue weighted by molar-refractivity contribution is 0.269. The fourth-order valence-corrected chi connectivity index (χ4v) is 2.32. The van der Waals surface area contributed by atoms with Gasteiger partial charge in [0.25, 0.3) is 10.0 Å². The SMILES string of the molecule is Cn1ccc(NS(=O)(=O)c2cnn(CCO)c2)n1. The number of aliphatic hydroxyl groups is 1. The van der Waals surface area contributed by atoms with Crippen molar-refractivity contribution in [2.24, 2.45) is 7.05 Å². The molecule has 2 aromatic rings. The van der Waals surface area contributed by atoms with Gasteiger partial charge in [0.15, 0.2) is 5.82 Å². The zero-order chi connectivity index (χ0) is 13.2. The number of nitrogens with zero attached hydrogens (tertiary/aromatic N) is 4. The number of rotatable bonds is 5. The van der Waals surface area contributed by atoms with Gasteiger partial charge < -0.3 is 5.11 Å². The van der Waals surface area contributed by atoms with Crippen molar-refractivity contribution in [2.45, 2.75) is 11.4 Å². The lowest BCUT2D eigenvalue weighted by Crippen LogP contribution is -2.13. The molecule has 2 aromatic heterocycles. The van der Waals surface area contributed by atoms with Crippen molar-refractivity contribution in [2.75, 3.05) is 11.3 Å². The van der Waals surface area contributed by atoms with Gasteiger partial charge in [0.05, 0.1) is 19.3 Å². The smallest absolute Gasteiger partial charge is 0.266 e. The van der Waals surface area contributed by atoms with Crippen LogP contribution in [0.3, 0.4) is 0 Å². The van der Waals surface area contributed by atoms with Gasteiger partial charge in [-0.05, 0) is 0 Å². The minimum atomic E-state index is -3.69. The topological polar surface area (TPSA) is 102 Å². The van der Waals surface area contributed by atoms with E-state index < -0.39 is 10.0 Å². The summed E-state index contributed by atoms with van der Waals surface area (Å²) in [5.74, 6) is 0.243. The van der Waals surface area contributed by atoms with Crippen LogP contribution in [0.1, 0.15) is 0 Å². The van der Waals surface area contributed by atoms with Crippen molar-refractivity contribution in [3.05, 3.63) is 24.7 Å². The maximum Gasteiger partial charge on any atom is 0.266 e. The van der Waals surface area contributed by atoms with E-state index in [-0.39, 0.29) is 23.9 Å². The zero-order valence-corrected chi connectivity index (χ0v) is 10.5. The van der Waals surface area contributed by atoms with Crippen LogP contribution in [0.2, 0.25) is 0 Å². The number of aromatic nitrogens is 4. The van der Waals surface area contributed by atoms with Gasteiger partial charge in [-0.25, -0.2) is 8.42 Å². The predicted octanol–water partition coefficient (Wildman–Crippen LogP) is -0.590. The molecule has 2 heterocycles. The number of nitrogens with one attached hydrogen (secondary N) is 1. The van der Waals surface area contributed by atoms with Crippen LogP contribution in [0.5, 0.6) is 0 Å². The third-order valence-electron chi connectivity index (χ3n) is 2.20. The minimum Gasteiger partial charge on any atom is -0.394 e. The van der Waals surface area contributed by atoms with Crippen LogP contribution in [0.4, 0.5) is 5.82 Å². The molecule has 0 amide bonds. The molecule has 8 nitrogen and oxygen atoms in total. The summed E-state index contributed by atoms with van der Waals surface area (Å²) < 4.78 is 29.1. The van der Waals surface area contributed by atoms with E-state index in [1.54, 1.807) is 19.3 Å². The molecule has 98 valence electrons. The molecule has 9 heteroatoms. The molecule has 0 radical (unpaired) electrons. The predicted molar refractivity (Wildman–Crippen MR) is 63.3 cm³/mol. The highest BCUT2D eigenvalue weighted by Gasteiger charge is 2.17.